The lowest BCUT2D eigenvalue weighted by molar-refractivity contribution is -0.122. The summed E-state index contributed by atoms with van der Waals surface area (Å²) in [5.41, 5.74) is 0.714. The molecule has 1 unspecified atom stereocenters. The number of nitrogens with one attached hydrogen (secondary N) is 2. The monoisotopic (exact) mass is 384 g/mol. The van der Waals surface area contributed by atoms with Crippen LogP contribution < -0.4 is 20.1 Å². The van der Waals surface area contributed by atoms with E-state index >= 15 is 0 Å². The molecule has 1 heterocycles. The third kappa shape index (κ3) is 5.91. The van der Waals surface area contributed by atoms with Crippen molar-refractivity contribution in [1.82, 2.24) is 10.6 Å². The number of rotatable bonds is 8. The second-order valence-corrected chi connectivity index (χ2v) is 8.35. The Morgan fingerprint density at radius 2 is 1.96 bits per heavy atom. The van der Waals surface area contributed by atoms with Crippen molar-refractivity contribution in [2.45, 2.75) is 25.3 Å². The zero-order valence-corrected chi connectivity index (χ0v) is 15.7. The summed E-state index contributed by atoms with van der Waals surface area (Å²) in [6, 6.07) is 4.87. The summed E-state index contributed by atoms with van der Waals surface area (Å²) in [7, 11) is 0.0398. The SMILES string of the molecule is COc1ccc(CC(=O)NCCC(=O)NC2CCS(=O)(=O)C2)c(OC)c1. The smallest absolute Gasteiger partial charge is 0.224 e. The molecule has 2 amide bonds. The van der Waals surface area contributed by atoms with E-state index in [0.29, 0.717) is 23.5 Å². The number of ether oxygens (including phenoxy) is 2. The molecule has 1 atom stereocenters. The van der Waals surface area contributed by atoms with E-state index in [1.807, 2.05) is 0 Å². The summed E-state index contributed by atoms with van der Waals surface area (Å²) >= 11 is 0. The zero-order chi connectivity index (χ0) is 19.2. The quantitative estimate of drug-likeness (QED) is 0.656. The largest absolute Gasteiger partial charge is 0.497 e. The molecule has 1 aromatic carbocycles. The number of methoxy groups -OCH3 is 2. The summed E-state index contributed by atoms with van der Waals surface area (Å²) in [5.74, 6) is 0.788. The van der Waals surface area contributed by atoms with E-state index in [1.165, 1.54) is 7.11 Å². The lowest BCUT2D eigenvalue weighted by atomic mass is 10.1. The van der Waals surface area contributed by atoms with Gasteiger partial charge in [-0.05, 0) is 12.5 Å². The van der Waals surface area contributed by atoms with Gasteiger partial charge in [-0.2, -0.15) is 0 Å². The van der Waals surface area contributed by atoms with E-state index < -0.39 is 9.84 Å². The highest BCUT2D eigenvalue weighted by Gasteiger charge is 2.28. The molecule has 1 aliphatic rings. The zero-order valence-electron chi connectivity index (χ0n) is 14.9. The number of sulfone groups is 1. The van der Waals surface area contributed by atoms with E-state index in [0.717, 1.165) is 0 Å². The Labute approximate surface area is 153 Å². The van der Waals surface area contributed by atoms with Crippen LogP contribution >= 0.6 is 0 Å². The molecule has 2 rings (SSSR count). The normalized spacial score (nSPS) is 18.2. The van der Waals surface area contributed by atoms with Crippen molar-refractivity contribution in [3.8, 4) is 11.5 Å². The average molecular weight is 384 g/mol. The number of carbonyl (C=O) groups excluding carboxylic acids is 2. The third-order valence-electron chi connectivity index (χ3n) is 4.12. The highest BCUT2D eigenvalue weighted by atomic mass is 32.2. The fraction of sp³-hybridized carbons (Fsp3) is 0.529. The van der Waals surface area contributed by atoms with Crippen LogP contribution in [0.15, 0.2) is 18.2 Å². The van der Waals surface area contributed by atoms with Crippen molar-refractivity contribution in [3.05, 3.63) is 23.8 Å². The highest BCUT2D eigenvalue weighted by molar-refractivity contribution is 7.91. The molecule has 9 heteroatoms. The number of benzene rings is 1. The van der Waals surface area contributed by atoms with Crippen LogP contribution in [0.2, 0.25) is 0 Å². The molecule has 1 saturated heterocycles. The van der Waals surface area contributed by atoms with Crippen LogP contribution in [-0.2, 0) is 25.8 Å². The van der Waals surface area contributed by atoms with Crippen molar-refractivity contribution in [3.63, 3.8) is 0 Å². The molecule has 1 aliphatic heterocycles. The second kappa shape index (κ2) is 8.88. The van der Waals surface area contributed by atoms with Gasteiger partial charge in [-0.1, -0.05) is 6.07 Å². The molecule has 0 aliphatic carbocycles. The fourth-order valence-electron chi connectivity index (χ4n) is 2.76. The maximum atomic E-state index is 12.0. The maximum Gasteiger partial charge on any atom is 0.224 e. The summed E-state index contributed by atoms with van der Waals surface area (Å²) in [4.78, 5) is 23.9. The molecule has 144 valence electrons. The molecule has 0 bridgehead atoms. The Bertz CT molecular complexity index is 763. The van der Waals surface area contributed by atoms with Crippen molar-refractivity contribution >= 4 is 21.7 Å². The first kappa shape index (κ1) is 20.0. The van der Waals surface area contributed by atoms with E-state index in [9.17, 15) is 18.0 Å². The Morgan fingerprint density at radius 3 is 2.58 bits per heavy atom. The Kier molecular flexibility index (Phi) is 6.84. The van der Waals surface area contributed by atoms with Crippen molar-refractivity contribution < 1.29 is 27.5 Å². The average Bonchev–Trinajstić information content (AvgIpc) is 2.93. The Balaban J connectivity index is 1.74. The van der Waals surface area contributed by atoms with Crippen LogP contribution in [0.5, 0.6) is 11.5 Å². The van der Waals surface area contributed by atoms with Gasteiger partial charge in [0.15, 0.2) is 9.84 Å². The standard InChI is InChI=1S/C17H24N2O6S/c1-24-14-4-3-12(15(10-14)25-2)9-17(21)18-7-5-16(20)19-13-6-8-26(22,23)11-13/h3-4,10,13H,5-9,11H2,1-2H3,(H,18,21)(H,19,20). The molecule has 0 radical (unpaired) electrons. The summed E-state index contributed by atoms with van der Waals surface area (Å²) in [5, 5.41) is 5.36. The summed E-state index contributed by atoms with van der Waals surface area (Å²) < 4.78 is 33.1. The van der Waals surface area contributed by atoms with Crippen LogP contribution in [0.1, 0.15) is 18.4 Å². The van der Waals surface area contributed by atoms with Crippen molar-refractivity contribution in [2.24, 2.45) is 0 Å². The van der Waals surface area contributed by atoms with Crippen LogP contribution in [0, 0.1) is 0 Å². The lowest BCUT2D eigenvalue weighted by Crippen LogP contribution is -2.38. The number of carbonyl (C=O) groups is 2. The first-order valence-electron chi connectivity index (χ1n) is 8.30. The first-order valence-corrected chi connectivity index (χ1v) is 10.1. The van der Waals surface area contributed by atoms with Crippen LogP contribution in [-0.4, -0.2) is 58.5 Å². The summed E-state index contributed by atoms with van der Waals surface area (Å²) in [6.07, 6.45) is 0.662. The number of amides is 2. The van der Waals surface area contributed by atoms with Gasteiger partial charge in [-0.15, -0.1) is 0 Å². The van der Waals surface area contributed by atoms with E-state index in [2.05, 4.69) is 10.6 Å². The van der Waals surface area contributed by atoms with Gasteiger partial charge in [-0.3, -0.25) is 9.59 Å². The molecule has 1 fully saturated rings. The number of hydrogen-bond donors (Lipinski definition) is 2. The van der Waals surface area contributed by atoms with Crippen molar-refractivity contribution in [2.75, 3.05) is 32.3 Å². The van der Waals surface area contributed by atoms with E-state index in [-0.39, 0.29) is 48.7 Å². The molecule has 0 spiro atoms. The van der Waals surface area contributed by atoms with Crippen LogP contribution in [0.3, 0.4) is 0 Å². The lowest BCUT2D eigenvalue weighted by Gasteiger charge is -2.12. The molecular formula is C17H24N2O6S. The predicted molar refractivity (Wildman–Crippen MR) is 96.1 cm³/mol. The molecule has 2 N–H and O–H groups in total. The topological polar surface area (TPSA) is 111 Å². The van der Waals surface area contributed by atoms with Gasteiger partial charge >= 0.3 is 0 Å². The fourth-order valence-corrected chi connectivity index (χ4v) is 4.43. The summed E-state index contributed by atoms with van der Waals surface area (Å²) in [6.45, 7) is 0.183. The molecule has 8 nitrogen and oxygen atoms in total. The second-order valence-electron chi connectivity index (χ2n) is 6.12. The minimum atomic E-state index is -3.03. The van der Waals surface area contributed by atoms with Gasteiger partial charge in [0.1, 0.15) is 11.5 Å². The van der Waals surface area contributed by atoms with E-state index in [1.54, 1.807) is 25.3 Å². The Hall–Kier alpha value is -2.29. The van der Waals surface area contributed by atoms with Gasteiger partial charge in [0.25, 0.3) is 0 Å². The van der Waals surface area contributed by atoms with Gasteiger partial charge in [0.05, 0.1) is 32.1 Å². The van der Waals surface area contributed by atoms with Gasteiger partial charge in [0.2, 0.25) is 11.8 Å². The minimum Gasteiger partial charge on any atom is -0.497 e. The highest BCUT2D eigenvalue weighted by Crippen LogP contribution is 2.24. The van der Waals surface area contributed by atoms with Gasteiger partial charge in [-0.25, -0.2) is 8.42 Å². The molecule has 1 aromatic rings. The predicted octanol–water partition coefficient (Wildman–Crippen LogP) is 0.0559. The van der Waals surface area contributed by atoms with Crippen LogP contribution in [0.4, 0.5) is 0 Å². The molecule has 26 heavy (non-hydrogen) atoms. The Morgan fingerprint density at radius 1 is 1.19 bits per heavy atom. The number of hydrogen-bond acceptors (Lipinski definition) is 6. The minimum absolute atomic E-state index is 0.0115. The maximum absolute atomic E-state index is 12.0. The van der Waals surface area contributed by atoms with Crippen molar-refractivity contribution in [1.29, 1.82) is 0 Å². The molecule has 0 saturated carbocycles. The van der Waals surface area contributed by atoms with E-state index in [4.69, 9.17) is 9.47 Å². The van der Waals surface area contributed by atoms with Gasteiger partial charge < -0.3 is 20.1 Å². The third-order valence-corrected chi connectivity index (χ3v) is 5.88. The first-order chi connectivity index (χ1) is 12.3. The van der Waals surface area contributed by atoms with Gasteiger partial charge in [0, 0.05) is 30.6 Å². The molecule has 0 aromatic heterocycles. The molecular weight excluding hydrogens is 360 g/mol. The van der Waals surface area contributed by atoms with Crippen LogP contribution in [0.25, 0.3) is 0 Å².